The van der Waals surface area contributed by atoms with Gasteiger partial charge in [-0.15, -0.1) is 0 Å². The molecule has 0 unspecified atom stereocenters. The maximum absolute atomic E-state index is 14.7. The van der Waals surface area contributed by atoms with Gasteiger partial charge in [-0.2, -0.15) is 5.10 Å². The monoisotopic (exact) mass is 530 g/mol. The van der Waals surface area contributed by atoms with Crippen LogP contribution in [-0.4, -0.2) is 32.8 Å². The Labute approximate surface area is 185 Å². The predicted molar refractivity (Wildman–Crippen MR) is 123 cm³/mol. The number of rotatable bonds is 8. The van der Waals surface area contributed by atoms with Crippen LogP contribution < -0.4 is 10.1 Å². The van der Waals surface area contributed by atoms with Gasteiger partial charge in [-0.25, -0.2) is 4.39 Å². The number of ether oxygens (including phenoxy) is 1. The van der Waals surface area contributed by atoms with Crippen LogP contribution in [0.25, 0.3) is 10.9 Å². The number of nitrogens with zero attached hydrogens (tertiary/aromatic N) is 3. The van der Waals surface area contributed by atoms with Gasteiger partial charge in [0.15, 0.2) is 11.6 Å². The second kappa shape index (κ2) is 8.95. The Kier molecular flexibility index (Phi) is 6.77. The topological polar surface area (TPSA) is 61.1 Å². The first kappa shape index (κ1) is 21.9. The molecule has 0 atom stereocenters. The average Bonchev–Trinajstić information content (AvgIpc) is 3.23. The van der Waals surface area contributed by atoms with Crippen LogP contribution in [0.15, 0.2) is 30.6 Å². The summed E-state index contributed by atoms with van der Waals surface area (Å²) in [5, 5.41) is 8.11. The molecule has 0 saturated heterocycles. The van der Waals surface area contributed by atoms with Crippen LogP contribution in [0.1, 0.15) is 32.0 Å². The summed E-state index contributed by atoms with van der Waals surface area (Å²) in [6, 6.07) is 5.18. The van der Waals surface area contributed by atoms with E-state index in [9.17, 15) is 9.18 Å². The minimum absolute atomic E-state index is 0.0750. The van der Waals surface area contributed by atoms with Crippen LogP contribution >= 0.6 is 30.3 Å². The number of nitrogens with one attached hydrogen (secondary N) is 1. The molecule has 0 radical (unpaired) electrons. The van der Waals surface area contributed by atoms with Gasteiger partial charge in [0, 0.05) is 73.1 Å². The zero-order valence-corrected chi connectivity index (χ0v) is 19.8. The van der Waals surface area contributed by atoms with Crippen molar-refractivity contribution in [3.05, 3.63) is 47.7 Å². The van der Waals surface area contributed by atoms with Crippen molar-refractivity contribution in [2.24, 2.45) is 0 Å². The first-order valence-corrected chi connectivity index (χ1v) is 12.5. The lowest BCUT2D eigenvalue weighted by Gasteiger charge is -2.24. The van der Waals surface area contributed by atoms with Gasteiger partial charge >= 0.3 is 0 Å². The largest absolute Gasteiger partial charge is 0.489 e. The fourth-order valence-electron chi connectivity index (χ4n) is 3.18. The highest BCUT2D eigenvalue weighted by Gasteiger charge is 2.27. The Morgan fingerprint density at radius 3 is 2.79 bits per heavy atom. The van der Waals surface area contributed by atoms with Gasteiger partial charge in [0.25, 0.3) is 0 Å². The molecule has 0 aliphatic heterocycles. The molecule has 3 aromatic rings. The number of benzene rings is 1. The van der Waals surface area contributed by atoms with E-state index in [1.807, 2.05) is 29.4 Å². The lowest BCUT2D eigenvalue weighted by Crippen LogP contribution is -2.35. The molecule has 3 rings (SSSR count). The van der Waals surface area contributed by atoms with E-state index in [1.54, 1.807) is 10.7 Å². The van der Waals surface area contributed by atoms with E-state index in [1.165, 1.54) is 22.1 Å². The maximum atomic E-state index is 14.7. The number of aryl methyl sites for hydroxylation is 1. The minimum Gasteiger partial charge on any atom is -0.489 e. The molecule has 0 spiro atoms. The highest BCUT2D eigenvalue weighted by Crippen LogP contribution is 2.38. The van der Waals surface area contributed by atoms with Gasteiger partial charge in [0.2, 0.25) is 5.91 Å². The molecule has 0 aliphatic carbocycles. The number of hydrogen-bond acceptors (Lipinski definition) is 4. The summed E-state index contributed by atoms with van der Waals surface area (Å²) in [6.07, 6.45) is 3.87. The Morgan fingerprint density at radius 1 is 1.41 bits per heavy atom. The van der Waals surface area contributed by atoms with Crippen molar-refractivity contribution in [3.8, 4) is 5.75 Å². The fraction of sp³-hybridized carbons (Fsp3) is 0.400. The molecular formula is C20H24FIN4O2S. The van der Waals surface area contributed by atoms with Crippen molar-refractivity contribution >= 4 is 47.1 Å². The van der Waals surface area contributed by atoms with Crippen LogP contribution in [0.2, 0.25) is 0 Å². The SMILES string of the molecule is CC(=O)NCC(C)(C)c1cn(SI)c2cc(F)c(OCCn3ccc(C)n3)cc12. The molecule has 6 nitrogen and oxygen atoms in total. The van der Waals surface area contributed by atoms with Gasteiger partial charge in [0.1, 0.15) is 6.61 Å². The molecule has 0 aliphatic rings. The summed E-state index contributed by atoms with van der Waals surface area (Å²) in [7, 11) is 1.47. The van der Waals surface area contributed by atoms with E-state index in [0.29, 0.717) is 19.7 Å². The standard InChI is InChI=1S/C20H24FIN4O2S/c1-13-5-6-25(24-13)7-8-28-19-9-15-16(20(3,4)12-23-14(2)27)11-26(29-22)18(15)10-17(19)21/h5-6,9-11H,7-8,12H2,1-4H3,(H,23,27). The summed E-state index contributed by atoms with van der Waals surface area (Å²) in [6.45, 7) is 8.88. The summed E-state index contributed by atoms with van der Waals surface area (Å²) >= 11 is 2.17. The summed E-state index contributed by atoms with van der Waals surface area (Å²) in [5.41, 5.74) is 2.41. The van der Waals surface area contributed by atoms with Crippen molar-refractivity contribution in [2.75, 3.05) is 13.2 Å². The number of amides is 1. The van der Waals surface area contributed by atoms with E-state index in [2.05, 4.69) is 45.5 Å². The van der Waals surface area contributed by atoms with Crippen LogP contribution in [0.4, 0.5) is 4.39 Å². The molecule has 0 saturated carbocycles. The van der Waals surface area contributed by atoms with Gasteiger partial charge in [-0.3, -0.25) is 13.4 Å². The summed E-state index contributed by atoms with van der Waals surface area (Å²) < 4.78 is 24.1. The second-order valence-corrected chi connectivity index (χ2v) is 9.31. The molecule has 9 heteroatoms. The van der Waals surface area contributed by atoms with Gasteiger partial charge in [0.05, 0.1) is 17.8 Å². The van der Waals surface area contributed by atoms with E-state index in [-0.39, 0.29) is 17.1 Å². The molecule has 0 bridgehead atoms. The van der Waals surface area contributed by atoms with E-state index >= 15 is 0 Å². The zero-order chi connectivity index (χ0) is 21.2. The van der Waals surface area contributed by atoms with Crippen molar-refractivity contribution in [1.82, 2.24) is 19.1 Å². The zero-order valence-electron chi connectivity index (χ0n) is 16.8. The molecule has 2 aromatic heterocycles. The minimum atomic E-state index is -0.398. The number of aromatic nitrogens is 3. The van der Waals surface area contributed by atoms with Gasteiger partial charge < -0.3 is 10.1 Å². The third kappa shape index (κ3) is 5.06. The molecule has 0 fully saturated rings. The summed E-state index contributed by atoms with van der Waals surface area (Å²) in [5.74, 6) is -0.256. The third-order valence-corrected chi connectivity index (χ3v) is 6.48. The van der Waals surface area contributed by atoms with Crippen molar-refractivity contribution < 1.29 is 13.9 Å². The third-order valence-electron chi connectivity index (χ3n) is 4.76. The van der Waals surface area contributed by atoms with E-state index in [0.717, 1.165) is 22.2 Å². The predicted octanol–water partition coefficient (Wildman–Crippen LogP) is 4.62. The Bertz CT molecular complexity index is 1030. The molecule has 1 amide bonds. The first-order chi connectivity index (χ1) is 13.7. The van der Waals surface area contributed by atoms with E-state index < -0.39 is 5.82 Å². The highest BCUT2D eigenvalue weighted by molar-refractivity contribution is 14.2. The van der Waals surface area contributed by atoms with Crippen molar-refractivity contribution in [3.63, 3.8) is 0 Å². The number of hydrogen-bond donors (Lipinski definition) is 1. The highest BCUT2D eigenvalue weighted by atomic mass is 127. The number of halogens is 2. The second-order valence-electron chi connectivity index (χ2n) is 7.60. The van der Waals surface area contributed by atoms with Gasteiger partial charge in [-0.05, 0) is 24.6 Å². The van der Waals surface area contributed by atoms with Gasteiger partial charge in [-0.1, -0.05) is 13.8 Å². The molecule has 2 heterocycles. The fourth-order valence-corrected chi connectivity index (χ4v) is 4.53. The Hall–Kier alpha value is -1.75. The molecular weight excluding hydrogens is 506 g/mol. The van der Waals surface area contributed by atoms with Crippen LogP contribution in [-0.2, 0) is 16.8 Å². The lowest BCUT2D eigenvalue weighted by atomic mass is 9.84. The van der Waals surface area contributed by atoms with Crippen LogP contribution in [0, 0.1) is 12.7 Å². The normalized spacial score (nSPS) is 11.8. The summed E-state index contributed by atoms with van der Waals surface area (Å²) in [4.78, 5) is 11.4. The maximum Gasteiger partial charge on any atom is 0.216 e. The number of fused-ring (bicyclic) bond motifs is 1. The quantitative estimate of drug-likeness (QED) is 0.432. The smallest absolute Gasteiger partial charge is 0.216 e. The Morgan fingerprint density at radius 2 is 2.17 bits per heavy atom. The lowest BCUT2D eigenvalue weighted by molar-refractivity contribution is -0.119. The van der Waals surface area contributed by atoms with E-state index in [4.69, 9.17) is 4.74 Å². The molecule has 1 N–H and O–H groups in total. The number of carbonyl (C=O) groups excluding carboxylic acids is 1. The molecule has 1 aromatic carbocycles. The van der Waals surface area contributed by atoms with Crippen LogP contribution in [0.5, 0.6) is 5.75 Å². The van der Waals surface area contributed by atoms with Crippen molar-refractivity contribution in [1.29, 1.82) is 0 Å². The molecule has 29 heavy (non-hydrogen) atoms. The Balaban J connectivity index is 1.89. The average molecular weight is 530 g/mol. The van der Waals surface area contributed by atoms with Crippen molar-refractivity contribution in [2.45, 2.75) is 39.7 Å². The first-order valence-electron chi connectivity index (χ1n) is 9.23. The number of carbonyl (C=O) groups is 1. The molecule has 156 valence electrons. The van der Waals surface area contributed by atoms with Crippen LogP contribution in [0.3, 0.4) is 0 Å².